The summed E-state index contributed by atoms with van der Waals surface area (Å²) in [7, 11) is 2.83. The Morgan fingerprint density at radius 2 is 2.05 bits per heavy atom. The van der Waals surface area contributed by atoms with Gasteiger partial charge in [0.25, 0.3) is 0 Å². The van der Waals surface area contributed by atoms with Crippen LogP contribution in [0.25, 0.3) is 0 Å². The number of nitrogens with one attached hydrogen (secondary N) is 1. The third kappa shape index (κ3) is 5.59. The van der Waals surface area contributed by atoms with Crippen LogP contribution in [0.1, 0.15) is 25.7 Å². The van der Waals surface area contributed by atoms with Crippen LogP contribution in [0.4, 0.5) is 10.1 Å². The quantitative estimate of drug-likeness (QED) is 0.582. The number of hydrogen-bond acceptors (Lipinski definition) is 4. The smallest absolute Gasteiger partial charge is 0.305 e. The van der Waals surface area contributed by atoms with Gasteiger partial charge in [0.2, 0.25) is 0 Å². The molecule has 4 nitrogen and oxygen atoms in total. The van der Waals surface area contributed by atoms with E-state index in [2.05, 4.69) is 10.1 Å². The number of unbranched alkanes of at least 4 members (excludes halogenated alkanes) is 2. The van der Waals surface area contributed by atoms with Crippen molar-refractivity contribution < 1.29 is 18.7 Å². The highest BCUT2D eigenvalue weighted by Crippen LogP contribution is 2.20. The fourth-order valence-electron chi connectivity index (χ4n) is 1.68. The van der Waals surface area contributed by atoms with Gasteiger partial charge in [0.05, 0.1) is 14.2 Å². The van der Waals surface area contributed by atoms with E-state index in [1.54, 1.807) is 12.1 Å². The molecule has 19 heavy (non-hydrogen) atoms. The molecule has 0 aliphatic heterocycles. The highest BCUT2D eigenvalue weighted by atomic mass is 19.1. The Kier molecular flexibility index (Phi) is 6.71. The van der Waals surface area contributed by atoms with E-state index in [4.69, 9.17) is 4.74 Å². The van der Waals surface area contributed by atoms with Gasteiger partial charge in [-0.1, -0.05) is 6.42 Å². The molecule has 0 saturated heterocycles. The second-order valence-electron chi connectivity index (χ2n) is 4.16. The summed E-state index contributed by atoms with van der Waals surface area (Å²) in [5.74, 6) is -0.313. The van der Waals surface area contributed by atoms with E-state index in [-0.39, 0.29) is 17.5 Å². The normalized spacial score (nSPS) is 10.1. The average molecular weight is 269 g/mol. The second-order valence-corrected chi connectivity index (χ2v) is 4.16. The molecule has 0 aliphatic rings. The van der Waals surface area contributed by atoms with Crippen LogP contribution in [0.3, 0.4) is 0 Å². The molecule has 0 heterocycles. The Hall–Kier alpha value is -1.78. The van der Waals surface area contributed by atoms with Crippen LogP contribution in [0.2, 0.25) is 0 Å². The fraction of sp³-hybridized carbons (Fsp3) is 0.500. The van der Waals surface area contributed by atoms with Gasteiger partial charge in [-0.2, -0.15) is 0 Å². The molecular formula is C14H20FNO3. The van der Waals surface area contributed by atoms with Gasteiger partial charge in [0.15, 0.2) is 11.6 Å². The largest absolute Gasteiger partial charge is 0.494 e. The number of hydrogen-bond donors (Lipinski definition) is 1. The maximum Gasteiger partial charge on any atom is 0.305 e. The molecule has 1 rings (SSSR count). The lowest BCUT2D eigenvalue weighted by atomic mass is 10.2. The first-order chi connectivity index (χ1) is 9.17. The van der Waals surface area contributed by atoms with Crippen LogP contribution >= 0.6 is 0 Å². The molecule has 0 unspecified atom stereocenters. The molecular weight excluding hydrogens is 249 g/mol. The van der Waals surface area contributed by atoms with Gasteiger partial charge in [-0.3, -0.25) is 4.79 Å². The van der Waals surface area contributed by atoms with Crippen molar-refractivity contribution in [1.29, 1.82) is 0 Å². The van der Waals surface area contributed by atoms with Gasteiger partial charge in [-0.05, 0) is 25.0 Å². The van der Waals surface area contributed by atoms with Crippen molar-refractivity contribution in [3.63, 3.8) is 0 Å². The Morgan fingerprint density at radius 1 is 1.26 bits per heavy atom. The number of anilines is 1. The molecule has 0 fully saturated rings. The molecule has 0 aromatic heterocycles. The van der Waals surface area contributed by atoms with Gasteiger partial charge in [0.1, 0.15) is 0 Å². The van der Waals surface area contributed by atoms with E-state index >= 15 is 0 Å². The number of benzene rings is 1. The van der Waals surface area contributed by atoms with E-state index in [0.717, 1.165) is 31.5 Å². The van der Waals surface area contributed by atoms with Gasteiger partial charge >= 0.3 is 5.97 Å². The molecule has 1 aromatic carbocycles. The maximum absolute atomic E-state index is 13.4. The fourth-order valence-corrected chi connectivity index (χ4v) is 1.68. The summed E-state index contributed by atoms with van der Waals surface area (Å²) in [6, 6.07) is 4.78. The molecule has 0 radical (unpaired) electrons. The summed E-state index contributed by atoms with van der Waals surface area (Å²) >= 11 is 0. The topological polar surface area (TPSA) is 47.6 Å². The van der Waals surface area contributed by atoms with Crippen LogP contribution in [-0.4, -0.2) is 26.7 Å². The van der Waals surface area contributed by atoms with Gasteiger partial charge in [-0.15, -0.1) is 0 Å². The molecule has 0 saturated carbocycles. The van der Waals surface area contributed by atoms with E-state index in [1.807, 2.05) is 0 Å². The summed E-state index contributed by atoms with van der Waals surface area (Å²) < 4.78 is 22.8. The van der Waals surface area contributed by atoms with Gasteiger partial charge in [-0.25, -0.2) is 4.39 Å². The van der Waals surface area contributed by atoms with Crippen LogP contribution in [-0.2, 0) is 9.53 Å². The molecule has 0 amide bonds. The Bertz CT molecular complexity index is 410. The lowest BCUT2D eigenvalue weighted by Crippen LogP contribution is -2.03. The highest BCUT2D eigenvalue weighted by Gasteiger charge is 2.03. The molecule has 0 aliphatic carbocycles. The van der Waals surface area contributed by atoms with E-state index in [1.165, 1.54) is 20.3 Å². The maximum atomic E-state index is 13.4. The number of carbonyl (C=O) groups is 1. The number of rotatable bonds is 8. The van der Waals surface area contributed by atoms with Crippen molar-refractivity contribution in [2.75, 3.05) is 26.1 Å². The predicted octanol–water partition coefficient (Wildman–Crippen LogP) is 2.98. The summed E-state index contributed by atoms with van der Waals surface area (Å²) in [6.07, 6.45) is 3.12. The predicted molar refractivity (Wildman–Crippen MR) is 71.9 cm³/mol. The van der Waals surface area contributed by atoms with Crippen LogP contribution in [0, 0.1) is 5.82 Å². The van der Waals surface area contributed by atoms with E-state index in [0.29, 0.717) is 6.42 Å². The van der Waals surface area contributed by atoms with Crippen molar-refractivity contribution in [3.8, 4) is 5.75 Å². The van der Waals surface area contributed by atoms with Crippen LogP contribution < -0.4 is 10.1 Å². The lowest BCUT2D eigenvalue weighted by Gasteiger charge is -2.08. The van der Waals surface area contributed by atoms with Crippen molar-refractivity contribution >= 4 is 11.7 Å². The molecule has 106 valence electrons. The van der Waals surface area contributed by atoms with Crippen molar-refractivity contribution in [2.24, 2.45) is 0 Å². The number of ether oxygens (including phenoxy) is 2. The summed E-state index contributed by atoms with van der Waals surface area (Å²) in [5, 5.41) is 3.13. The third-order valence-electron chi connectivity index (χ3n) is 2.77. The molecule has 0 spiro atoms. The van der Waals surface area contributed by atoms with Gasteiger partial charge < -0.3 is 14.8 Å². The average Bonchev–Trinajstić information content (AvgIpc) is 2.42. The minimum Gasteiger partial charge on any atom is -0.494 e. The second kappa shape index (κ2) is 8.34. The van der Waals surface area contributed by atoms with E-state index in [9.17, 15) is 9.18 Å². The molecule has 5 heteroatoms. The number of methoxy groups -OCH3 is 2. The summed E-state index contributed by atoms with van der Waals surface area (Å²) in [4.78, 5) is 10.9. The minimum atomic E-state index is -0.377. The van der Waals surface area contributed by atoms with Crippen molar-refractivity contribution in [1.82, 2.24) is 0 Å². The third-order valence-corrected chi connectivity index (χ3v) is 2.77. The van der Waals surface area contributed by atoms with E-state index < -0.39 is 0 Å². The molecule has 1 aromatic rings. The number of esters is 1. The first-order valence-corrected chi connectivity index (χ1v) is 6.31. The van der Waals surface area contributed by atoms with Crippen molar-refractivity contribution in [3.05, 3.63) is 24.0 Å². The number of halogens is 1. The summed E-state index contributed by atoms with van der Waals surface area (Å²) in [5.41, 5.74) is 0.728. The standard InChI is InChI=1S/C14H20FNO3/c1-18-13-8-7-11(10-12(13)15)16-9-5-3-4-6-14(17)19-2/h7-8,10,16H,3-6,9H2,1-2H3. The minimum absolute atomic E-state index is 0.176. The SMILES string of the molecule is COC(=O)CCCCCNc1ccc(OC)c(F)c1. The first-order valence-electron chi connectivity index (χ1n) is 6.31. The Morgan fingerprint density at radius 3 is 2.68 bits per heavy atom. The molecule has 1 N–H and O–H groups in total. The van der Waals surface area contributed by atoms with Crippen LogP contribution in [0.5, 0.6) is 5.75 Å². The van der Waals surface area contributed by atoms with Gasteiger partial charge in [0, 0.05) is 24.7 Å². The molecule has 0 bridgehead atoms. The highest BCUT2D eigenvalue weighted by molar-refractivity contribution is 5.68. The monoisotopic (exact) mass is 269 g/mol. The van der Waals surface area contributed by atoms with Crippen LogP contribution in [0.15, 0.2) is 18.2 Å². The summed E-state index contributed by atoms with van der Waals surface area (Å²) in [6.45, 7) is 0.743. The molecule has 0 atom stereocenters. The zero-order valence-corrected chi connectivity index (χ0v) is 11.4. The Labute approximate surface area is 112 Å². The van der Waals surface area contributed by atoms with Crippen molar-refractivity contribution in [2.45, 2.75) is 25.7 Å². The zero-order chi connectivity index (χ0) is 14.1. The lowest BCUT2D eigenvalue weighted by molar-refractivity contribution is -0.140. The zero-order valence-electron chi connectivity index (χ0n) is 11.4. The number of carbonyl (C=O) groups excluding carboxylic acids is 1. The Balaban J connectivity index is 2.19. The first kappa shape index (κ1) is 15.3.